The molecule has 122 valence electrons. The third kappa shape index (κ3) is 5.19. The van der Waals surface area contributed by atoms with E-state index >= 15 is 0 Å². The minimum atomic E-state index is -0.898. The fraction of sp³-hybridized carbons (Fsp3) is 0.867. The molecule has 0 aliphatic carbocycles. The molecule has 0 aromatic carbocycles. The predicted octanol–water partition coefficient (Wildman–Crippen LogP) is 1.77. The molecule has 0 saturated carbocycles. The lowest BCUT2D eigenvalue weighted by molar-refractivity contribution is -0.137. The quantitative estimate of drug-likeness (QED) is 0.829. The van der Waals surface area contributed by atoms with Crippen LogP contribution in [-0.4, -0.2) is 63.3 Å². The summed E-state index contributed by atoms with van der Waals surface area (Å²) < 4.78 is 0. The van der Waals surface area contributed by atoms with Gasteiger partial charge in [-0.05, 0) is 46.5 Å². The first-order valence-electron chi connectivity index (χ1n) is 7.59. The Kier molecular flexibility index (Phi) is 6.01. The number of aliphatic hydroxyl groups excluding tert-OH is 1. The summed E-state index contributed by atoms with van der Waals surface area (Å²) in [6.07, 6.45) is 1.20. The Morgan fingerprint density at radius 1 is 1.29 bits per heavy atom. The summed E-state index contributed by atoms with van der Waals surface area (Å²) in [5, 5.41) is 18.4. The summed E-state index contributed by atoms with van der Waals surface area (Å²) in [5.41, 5.74) is -0.409. The van der Waals surface area contributed by atoms with Crippen molar-refractivity contribution < 1.29 is 19.8 Å². The van der Waals surface area contributed by atoms with Gasteiger partial charge in [-0.15, -0.1) is 0 Å². The van der Waals surface area contributed by atoms with Crippen molar-refractivity contribution in [3.05, 3.63) is 0 Å². The molecular weight excluding hydrogens is 272 g/mol. The molecule has 1 heterocycles. The van der Waals surface area contributed by atoms with Crippen molar-refractivity contribution in [3.63, 3.8) is 0 Å². The van der Waals surface area contributed by atoms with Gasteiger partial charge in [0.15, 0.2) is 0 Å². The molecular formula is C15H28N2O4. The number of aliphatic carboxylic acids is 1. The molecule has 1 aliphatic heterocycles. The second-order valence-electron chi connectivity index (χ2n) is 6.81. The van der Waals surface area contributed by atoms with Gasteiger partial charge in [-0.25, -0.2) is 4.79 Å². The molecule has 6 nitrogen and oxygen atoms in total. The number of carboxylic acids is 1. The number of urea groups is 1. The molecule has 2 N–H and O–H groups in total. The summed E-state index contributed by atoms with van der Waals surface area (Å²) >= 11 is 0. The maximum atomic E-state index is 12.6. The minimum absolute atomic E-state index is 0.0485. The maximum absolute atomic E-state index is 12.6. The highest BCUT2D eigenvalue weighted by Crippen LogP contribution is 2.23. The summed E-state index contributed by atoms with van der Waals surface area (Å²) in [6.45, 7) is 8.98. The Hall–Kier alpha value is -1.30. The van der Waals surface area contributed by atoms with Crippen LogP contribution >= 0.6 is 0 Å². The standard InChI is InChI=1S/C15H28N2O4/c1-11(18)12-5-8-16(9-6-12)14(21)17(15(2,3)4)10-7-13(19)20/h11-12,18H,5-10H2,1-4H3,(H,19,20). The Bertz CT molecular complexity index is 368. The molecule has 21 heavy (non-hydrogen) atoms. The Balaban J connectivity index is 2.67. The lowest BCUT2D eigenvalue weighted by Crippen LogP contribution is -2.54. The van der Waals surface area contributed by atoms with E-state index in [1.54, 1.807) is 16.7 Å². The lowest BCUT2D eigenvalue weighted by atomic mass is 9.92. The van der Waals surface area contributed by atoms with Gasteiger partial charge in [0.2, 0.25) is 0 Å². The molecule has 1 fully saturated rings. The summed E-state index contributed by atoms with van der Waals surface area (Å²) in [6, 6.07) is -0.104. The van der Waals surface area contributed by atoms with Crippen molar-refractivity contribution in [2.24, 2.45) is 5.92 Å². The van der Waals surface area contributed by atoms with Crippen molar-refractivity contribution in [2.75, 3.05) is 19.6 Å². The fourth-order valence-corrected chi connectivity index (χ4v) is 2.67. The van der Waals surface area contributed by atoms with Gasteiger partial charge >= 0.3 is 12.0 Å². The molecule has 2 amide bonds. The average Bonchev–Trinajstić information content (AvgIpc) is 2.36. The van der Waals surface area contributed by atoms with Crippen LogP contribution in [0.5, 0.6) is 0 Å². The molecule has 0 bridgehead atoms. The second kappa shape index (κ2) is 7.11. The highest BCUT2D eigenvalue weighted by Gasteiger charge is 2.33. The van der Waals surface area contributed by atoms with Crippen LogP contribution in [0, 0.1) is 5.92 Å². The van der Waals surface area contributed by atoms with E-state index in [4.69, 9.17) is 5.11 Å². The Labute approximate surface area is 126 Å². The highest BCUT2D eigenvalue weighted by atomic mass is 16.4. The van der Waals surface area contributed by atoms with Crippen molar-refractivity contribution in [1.82, 2.24) is 9.80 Å². The van der Waals surface area contributed by atoms with Gasteiger partial charge in [0.1, 0.15) is 0 Å². The zero-order chi connectivity index (χ0) is 16.2. The van der Waals surface area contributed by atoms with E-state index in [0.29, 0.717) is 13.1 Å². The molecule has 1 aliphatic rings. The largest absolute Gasteiger partial charge is 0.481 e. The van der Waals surface area contributed by atoms with E-state index in [-0.39, 0.29) is 31.0 Å². The number of likely N-dealkylation sites (tertiary alicyclic amines) is 1. The predicted molar refractivity (Wildman–Crippen MR) is 80.1 cm³/mol. The van der Waals surface area contributed by atoms with Crippen LogP contribution in [-0.2, 0) is 4.79 Å². The molecule has 1 rings (SSSR count). The van der Waals surface area contributed by atoms with Crippen LogP contribution in [0.2, 0.25) is 0 Å². The smallest absolute Gasteiger partial charge is 0.320 e. The van der Waals surface area contributed by atoms with Gasteiger partial charge in [-0.2, -0.15) is 0 Å². The zero-order valence-electron chi connectivity index (χ0n) is 13.5. The van der Waals surface area contributed by atoms with Gasteiger partial charge < -0.3 is 20.0 Å². The average molecular weight is 300 g/mol. The molecule has 0 aromatic rings. The third-order valence-corrected chi connectivity index (χ3v) is 4.08. The summed E-state index contributed by atoms with van der Waals surface area (Å²) in [4.78, 5) is 26.8. The maximum Gasteiger partial charge on any atom is 0.320 e. The van der Waals surface area contributed by atoms with E-state index < -0.39 is 11.5 Å². The van der Waals surface area contributed by atoms with Gasteiger partial charge in [-0.3, -0.25) is 4.79 Å². The number of carbonyl (C=O) groups is 2. The van der Waals surface area contributed by atoms with Crippen molar-refractivity contribution in [3.8, 4) is 0 Å². The SMILES string of the molecule is CC(O)C1CCN(C(=O)N(CCC(=O)O)C(C)(C)C)CC1. The van der Waals surface area contributed by atoms with E-state index in [1.807, 2.05) is 20.8 Å². The lowest BCUT2D eigenvalue weighted by Gasteiger charge is -2.41. The number of carboxylic acid groups (broad SMARTS) is 1. The molecule has 1 unspecified atom stereocenters. The van der Waals surface area contributed by atoms with Crippen LogP contribution in [0.15, 0.2) is 0 Å². The van der Waals surface area contributed by atoms with E-state index in [0.717, 1.165) is 12.8 Å². The molecule has 0 radical (unpaired) electrons. The number of amides is 2. The number of piperidine rings is 1. The molecule has 0 aromatic heterocycles. The van der Waals surface area contributed by atoms with Crippen molar-refractivity contribution >= 4 is 12.0 Å². The van der Waals surface area contributed by atoms with Gasteiger partial charge in [0, 0.05) is 25.2 Å². The number of aliphatic hydroxyl groups is 1. The minimum Gasteiger partial charge on any atom is -0.481 e. The normalized spacial score (nSPS) is 18.4. The van der Waals surface area contributed by atoms with Crippen LogP contribution in [0.25, 0.3) is 0 Å². The number of nitrogens with zero attached hydrogens (tertiary/aromatic N) is 2. The Morgan fingerprint density at radius 2 is 1.81 bits per heavy atom. The summed E-state index contributed by atoms with van der Waals surface area (Å²) in [7, 11) is 0. The Morgan fingerprint density at radius 3 is 2.19 bits per heavy atom. The van der Waals surface area contributed by atoms with Crippen LogP contribution in [0.3, 0.4) is 0 Å². The first-order valence-corrected chi connectivity index (χ1v) is 7.59. The van der Waals surface area contributed by atoms with E-state index in [9.17, 15) is 14.7 Å². The van der Waals surface area contributed by atoms with E-state index in [1.165, 1.54) is 0 Å². The third-order valence-electron chi connectivity index (χ3n) is 4.08. The number of hydrogen-bond donors (Lipinski definition) is 2. The number of carbonyl (C=O) groups excluding carboxylic acids is 1. The zero-order valence-corrected chi connectivity index (χ0v) is 13.5. The van der Waals surface area contributed by atoms with Crippen molar-refractivity contribution in [1.29, 1.82) is 0 Å². The number of hydrogen-bond acceptors (Lipinski definition) is 3. The molecule has 1 atom stereocenters. The molecule has 6 heteroatoms. The van der Waals surface area contributed by atoms with E-state index in [2.05, 4.69) is 0 Å². The van der Waals surface area contributed by atoms with Gasteiger partial charge in [0.05, 0.1) is 12.5 Å². The van der Waals surface area contributed by atoms with Gasteiger partial charge in [-0.1, -0.05) is 0 Å². The second-order valence-corrected chi connectivity index (χ2v) is 6.81. The first-order chi connectivity index (χ1) is 9.62. The van der Waals surface area contributed by atoms with Crippen molar-refractivity contribution in [2.45, 2.75) is 58.6 Å². The first kappa shape index (κ1) is 17.8. The van der Waals surface area contributed by atoms with Crippen LogP contribution in [0.4, 0.5) is 4.79 Å². The topological polar surface area (TPSA) is 81.1 Å². The van der Waals surface area contributed by atoms with Crippen LogP contribution < -0.4 is 0 Å². The molecule has 1 saturated heterocycles. The summed E-state index contributed by atoms with van der Waals surface area (Å²) in [5.74, 6) is -0.652. The monoisotopic (exact) mass is 300 g/mol. The van der Waals surface area contributed by atoms with Gasteiger partial charge in [0.25, 0.3) is 0 Å². The highest BCUT2D eigenvalue weighted by molar-refractivity contribution is 5.76. The molecule has 0 spiro atoms. The number of rotatable bonds is 4. The van der Waals surface area contributed by atoms with Crippen LogP contribution in [0.1, 0.15) is 47.0 Å². The fourth-order valence-electron chi connectivity index (χ4n) is 2.67.